The van der Waals surface area contributed by atoms with Crippen LogP contribution in [0.2, 0.25) is 0 Å². The Bertz CT molecular complexity index is 833. The summed E-state index contributed by atoms with van der Waals surface area (Å²) in [5.74, 6) is 1.49. The predicted molar refractivity (Wildman–Crippen MR) is 102 cm³/mol. The molecule has 1 amide bonds. The van der Waals surface area contributed by atoms with Crippen molar-refractivity contribution in [3.63, 3.8) is 0 Å². The van der Waals surface area contributed by atoms with Crippen molar-refractivity contribution in [1.29, 1.82) is 0 Å². The Morgan fingerprint density at radius 1 is 1.19 bits per heavy atom. The number of benzene rings is 1. The van der Waals surface area contributed by atoms with E-state index in [1.165, 1.54) is 28.8 Å². The van der Waals surface area contributed by atoms with Crippen LogP contribution < -0.4 is 14.9 Å². The minimum Gasteiger partial charge on any atom is -0.454 e. The Hall–Kier alpha value is -2.34. The summed E-state index contributed by atoms with van der Waals surface area (Å²) in [6.07, 6.45) is 6.27. The number of nitrogens with one attached hydrogen (secondary N) is 1. The quantitative estimate of drug-likeness (QED) is 0.637. The van der Waals surface area contributed by atoms with Crippen LogP contribution in [0, 0.1) is 0 Å². The Morgan fingerprint density at radius 2 is 2.04 bits per heavy atom. The lowest BCUT2D eigenvalue weighted by molar-refractivity contribution is 0.0958. The molecule has 5 nitrogen and oxygen atoms in total. The molecule has 136 valence electrons. The molecule has 0 bridgehead atoms. The van der Waals surface area contributed by atoms with E-state index >= 15 is 0 Å². The maximum atomic E-state index is 12.3. The highest BCUT2D eigenvalue weighted by Crippen LogP contribution is 2.33. The first-order valence-electron chi connectivity index (χ1n) is 9.02. The summed E-state index contributed by atoms with van der Waals surface area (Å²) in [4.78, 5) is 14.5. The van der Waals surface area contributed by atoms with E-state index in [0.29, 0.717) is 0 Å². The second-order valence-corrected chi connectivity index (χ2v) is 7.88. The van der Waals surface area contributed by atoms with Crippen molar-refractivity contribution < 1.29 is 14.3 Å². The van der Waals surface area contributed by atoms with E-state index in [1.807, 2.05) is 31.2 Å². The molecule has 2 heterocycles. The molecular formula is C20H22N2O3S. The molecular weight excluding hydrogens is 348 g/mol. The SMILES string of the molecule is C/C(CCc1ccc2c(c1)OCO2)=N\NC(=O)c1cc2c(s1)CCCC2. The number of amides is 1. The third-order valence-corrected chi connectivity index (χ3v) is 6.02. The van der Waals surface area contributed by atoms with Gasteiger partial charge in [-0.25, -0.2) is 5.43 Å². The Labute approximate surface area is 157 Å². The fourth-order valence-corrected chi connectivity index (χ4v) is 4.42. The molecule has 1 aromatic carbocycles. The summed E-state index contributed by atoms with van der Waals surface area (Å²) in [5.41, 5.74) is 6.11. The number of carbonyl (C=O) groups excluding carboxylic acids is 1. The van der Waals surface area contributed by atoms with Gasteiger partial charge in [0.05, 0.1) is 4.88 Å². The van der Waals surface area contributed by atoms with E-state index in [4.69, 9.17) is 9.47 Å². The second kappa shape index (κ2) is 7.50. The van der Waals surface area contributed by atoms with Crippen molar-refractivity contribution in [2.45, 2.75) is 45.4 Å². The minimum absolute atomic E-state index is 0.105. The van der Waals surface area contributed by atoms with Crippen molar-refractivity contribution >= 4 is 23.0 Å². The van der Waals surface area contributed by atoms with Gasteiger partial charge in [-0.2, -0.15) is 5.10 Å². The number of aryl methyl sites for hydroxylation is 3. The molecule has 0 saturated heterocycles. The molecule has 0 atom stereocenters. The lowest BCUT2D eigenvalue weighted by Crippen LogP contribution is -2.18. The summed E-state index contributed by atoms with van der Waals surface area (Å²) in [6, 6.07) is 8.01. The number of nitrogens with zero attached hydrogens (tertiary/aromatic N) is 1. The zero-order valence-corrected chi connectivity index (χ0v) is 15.7. The molecule has 0 radical (unpaired) electrons. The Kier molecular flexibility index (Phi) is 4.93. The van der Waals surface area contributed by atoms with Crippen LogP contribution in [0.25, 0.3) is 0 Å². The van der Waals surface area contributed by atoms with Crippen molar-refractivity contribution in [3.8, 4) is 11.5 Å². The largest absolute Gasteiger partial charge is 0.454 e. The van der Waals surface area contributed by atoms with E-state index in [-0.39, 0.29) is 12.7 Å². The van der Waals surface area contributed by atoms with E-state index in [1.54, 1.807) is 11.3 Å². The van der Waals surface area contributed by atoms with Crippen molar-refractivity contribution in [1.82, 2.24) is 5.43 Å². The molecule has 0 unspecified atom stereocenters. The third kappa shape index (κ3) is 3.75. The van der Waals surface area contributed by atoms with Gasteiger partial charge >= 0.3 is 0 Å². The van der Waals surface area contributed by atoms with Gasteiger partial charge in [-0.1, -0.05) is 6.07 Å². The highest BCUT2D eigenvalue weighted by atomic mass is 32.1. The van der Waals surface area contributed by atoms with Crippen LogP contribution in [-0.2, 0) is 19.3 Å². The van der Waals surface area contributed by atoms with Crippen LogP contribution in [0.5, 0.6) is 11.5 Å². The van der Waals surface area contributed by atoms with Gasteiger partial charge in [-0.05, 0) is 74.8 Å². The molecule has 2 aromatic rings. The molecule has 1 aliphatic heterocycles. The summed E-state index contributed by atoms with van der Waals surface area (Å²) >= 11 is 1.61. The molecule has 0 spiro atoms. The molecule has 4 rings (SSSR count). The normalized spacial score (nSPS) is 15.7. The van der Waals surface area contributed by atoms with E-state index in [0.717, 1.165) is 47.8 Å². The molecule has 2 aliphatic rings. The number of rotatable bonds is 5. The number of ether oxygens (including phenoxy) is 2. The number of hydrazone groups is 1. The van der Waals surface area contributed by atoms with Crippen molar-refractivity contribution in [3.05, 3.63) is 45.1 Å². The second-order valence-electron chi connectivity index (χ2n) is 6.74. The van der Waals surface area contributed by atoms with Crippen LogP contribution >= 0.6 is 11.3 Å². The van der Waals surface area contributed by atoms with Gasteiger partial charge in [-0.15, -0.1) is 11.3 Å². The standard InChI is InChI=1S/C20H22N2O3S/c1-13(6-7-14-8-9-16-17(10-14)25-12-24-16)21-22-20(23)19-11-15-4-2-3-5-18(15)26-19/h8-11H,2-7,12H2,1H3,(H,22,23)/b21-13+. The third-order valence-electron chi connectivity index (χ3n) is 4.78. The maximum Gasteiger partial charge on any atom is 0.281 e. The lowest BCUT2D eigenvalue weighted by atomic mass is 9.99. The zero-order valence-electron chi connectivity index (χ0n) is 14.8. The summed E-state index contributed by atoms with van der Waals surface area (Å²) in [6.45, 7) is 2.23. The Morgan fingerprint density at radius 3 is 2.92 bits per heavy atom. The van der Waals surface area contributed by atoms with Crippen LogP contribution in [0.4, 0.5) is 0 Å². The summed E-state index contributed by atoms with van der Waals surface area (Å²) in [7, 11) is 0. The molecule has 0 saturated carbocycles. The van der Waals surface area contributed by atoms with Gasteiger partial charge in [0.1, 0.15) is 0 Å². The lowest BCUT2D eigenvalue weighted by Gasteiger charge is -2.08. The Balaban J connectivity index is 1.31. The topological polar surface area (TPSA) is 59.9 Å². The van der Waals surface area contributed by atoms with Crippen LogP contribution in [-0.4, -0.2) is 18.4 Å². The molecule has 1 aromatic heterocycles. The zero-order chi connectivity index (χ0) is 17.9. The first-order chi connectivity index (χ1) is 12.7. The number of hydrogen-bond donors (Lipinski definition) is 1. The highest BCUT2D eigenvalue weighted by molar-refractivity contribution is 7.14. The molecule has 1 N–H and O–H groups in total. The first-order valence-corrected chi connectivity index (χ1v) is 9.84. The average molecular weight is 370 g/mol. The smallest absolute Gasteiger partial charge is 0.281 e. The average Bonchev–Trinajstić information content (AvgIpc) is 3.30. The maximum absolute atomic E-state index is 12.3. The first kappa shape index (κ1) is 17.1. The van der Waals surface area contributed by atoms with Gasteiger partial charge in [0.15, 0.2) is 11.5 Å². The van der Waals surface area contributed by atoms with Gasteiger partial charge in [-0.3, -0.25) is 4.79 Å². The molecule has 1 aliphatic carbocycles. The van der Waals surface area contributed by atoms with Crippen molar-refractivity contribution in [2.24, 2.45) is 5.10 Å². The summed E-state index contributed by atoms with van der Waals surface area (Å²) < 4.78 is 10.7. The summed E-state index contributed by atoms with van der Waals surface area (Å²) in [5, 5.41) is 4.26. The van der Waals surface area contributed by atoms with Gasteiger partial charge in [0.25, 0.3) is 5.91 Å². The van der Waals surface area contributed by atoms with Gasteiger partial charge in [0.2, 0.25) is 6.79 Å². The number of thiophene rings is 1. The minimum atomic E-state index is -0.105. The fourth-order valence-electron chi connectivity index (χ4n) is 3.28. The van der Waals surface area contributed by atoms with E-state index < -0.39 is 0 Å². The van der Waals surface area contributed by atoms with Crippen molar-refractivity contribution in [2.75, 3.05) is 6.79 Å². The number of carbonyl (C=O) groups is 1. The highest BCUT2D eigenvalue weighted by Gasteiger charge is 2.17. The number of fused-ring (bicyclic) bond motifs is 2. The van der Waals surface area contributed by atoms with Gasteiger partial charge < -0.3 is 9.47 Å². The van der Waals surface area contributed by atoms with Crippen LogP contribution in [0.3, 0.4) is 0 Å². The van der Waals surface area contributed by atoms with E-state index in [2.05, 4.69) is 10.5 Å². The predicted octanol–water partition coefficient (Wildman–Crippen LogP) is 4.09. The van der Waals surface area contributed by atoms with Crippen LogP contribution in [0.1, 0.15) is 51.9 Å². The fraction of sp³-hybridized carbons (Fsp3) is 0.400. The van der Waals surface area contributed by atoms with E-state index in [9.17, 15) is 4.79 Å². The molecule has 26 heavy (non-hydrogen) atoms. The monoisotopic (exact) mass is 370 g/mol. The molecule has 0 fully saturated rings. The molecule has 6 heteroatoms. The van der Waals surface area contributed by atoms with Crippen LogP contribution in [0.15, 0.2) is 29.4 Å². The number of hydrogen-bond acceptors (Lipinski definition) is 5. The van der Waals surface area contributed by atoms with Gasteiger partial charge in [0, 0.05) is 10.6 Å².